The number of fused-ring (bicyclic) bond motifs is 1. The molecule has 2 heterocycles. The lowest BCUT2D eigenvalue weighted by atomic mass is 9.87. The number of carbonyl (C=O) groups excluding carboxylic acids is 2. The SMILES string of the molecule is CCN(CC)C(=O)c1ccc(COc2ccc3c(c2)[C@@H](c2cccc(C)c2)N(C(=O)C2CC2)CC3)o1. The minimum absolute atomic E-state index is 0.110. The minimum Gasteiger partial charge on any atom is -0.486 e. The zero-order valence-electron chi connectivity index (χ0n) is 21.3. The summed E-state index contributed by atoms with van der Waals surface area (Å²) in [5.41, 5.74) is 4.68. The first-order chi connectivity index (χ1) is 17.5. The fourth-order valence-corrected chi connectivity index (χ4v) is 5.08. The minimum atomic E-state index is -0.118. The van der Waals surface area contributed by atoms with Gasteiger partial charge in [-0.05, 0) is 81.0 Å². The Hall–Kier alpha value is -3.54. The molecule has 1 aliphatic carbocycles. The molecular formula is C30H34N2O4. The van der Waals surface area contributed by atoms with E-state index in [0.29, 0.717) is 24.6 Å². The van der Waals surface area contributed by atoms with Gasteiger partial charge in [0.25, 0.3) is 5.91 Å². The molecule has 1 atom stereocenters. The average Bonchev–Trinajstić information content (AvgIpc) is 3.64. The van der Waals surface area contributed by atoms with Crippen LogP contribution in [0.4, 0.5) is 0 Å². The van der Waals surface area contributed by atoms with Gasteiger partial charge >= 0.3 is 0 Å². The quantitative estimate of drug-likeness (QED) is 0.420. The van der Waals surface area contributed by atoms with Crippen molar-refractivity contribution in [3.05, 3.63) is 88.4 Å². The summed E-state index contributed by atoms with van der Waals surface area (Å²) in [4.78, 5) is 29.6. The molecule has 5 rings (SSSR count). The number of hydrogen-bond acceptors (Lipinski definition) is 4. The van der Waals surface area contributed by atoms with Gasteiger partial charge in [-0.25, -0.2) is 0 Å². The van der Waals surface area contributed by atoms with E-state index >= 15 is 0 Å². The summed E-state index contributed by atoms with van der Waals surface area (Å²) in [7, 11) is 0. The molecule has 0 spiro atoms. The third kappa shape index (κ3) is 4.90. The summed E-state index contributed by atoms with van der Waals surface area (Å²) in [5.74, 6) is 1.98. The first-order valence-electron chi connectivity index (χ1n) is 13.0. The van der Waals surface area contributed by atoms with E-state index in [1.807, 2.05) is 19.9 Å². The molecule has 6 nitrogen and oxygen atoms in total. The molecule has 1 aromatic heterocycles. The zero-order chi connectivity index (χ0) is 25.2. The van der Waals surface area contributed by atoms with Crippen LogP contribution in [-0.4, -0.2) is 41.2 Å². The molecule has 6 heteroatoms. The largest absolute Gasteiger partial charge is 0.486 e. The van der Waals surface area contributed by atoms with Crippen molar-refractivity contribution in [1.82, 2.24) is 9.80 Å². The van der Waals surface area contributed by atoms with E-state index in [1.165, 1.54) is 11.1 Å². The molecule has 1 fully saturated rings. The maximum absolute atomic E-state index is 13.2. The molecule has 1 aliphatic heterocycles. The number of furan rings is 1. The Morgan fingerprint density at radius 1 is 1.06 bits per heavy atom. The molecule has 0 N–H and O–H groups in total. The van der Waals surface area contributed by atoms with Gasteiger partial charge in [-0.2, -0.15) is 0 Å². The van der Waals surface area contributed by atoms with Crippen molar-refractivity contribution in [2.75, 3.05) is 19.6 Å². The van der Waals surface area contributed by atoms with Crippen LogP contribution in [0.5, 0.6) is 5.75 Å². The molecule has 0 radical (unpaired) electrons. The van der Waals surface area contributed by atoms with Crippen LogP contribution in [0.1, 0.15) is 71.3 Å². The Labute approximate surface area is 212 Å². The van der Waals surface area contributed by atoms with Gasteiger partial charge in [0.1, 0.15) is 18.1 Å². The van der Waals surface area contributed by atoms with E-state index in [-0.39, 0.29) is 30.4 Å². The first kappa shape index (κ1) is 24.2. The van der Waals surface area contributed by atoms with Crippen LogP contribution in [0, 0.1) is 12.8 Å². The van der Waals surface area contributed by atoms with E-state index in [4.69, 9.17) is 9.15 Å². The molecule has 3 aromatic rings. The van der Waals surface area contributed by atoms with Crippen molar-refractivity contribution in [2.24, 2.45) is 5.92 Å². The fraction of sp³-hybridized carbons (Fsp3) is 0.400. The maximum atomic E-state index is 13.2. The number of ether oxygens (including phenoxy) is 1. The number of nitrogens with zero attached hydrogens (tertiary/aromatic N) is 2. The Kier molecular flexibility index (Phi) is 6.86. The van der Waals surface area contributed by atoms with Gasteiger partial charge in [0, 0.05) is 25.6 Å². The highest BCUT2D eigenvalue weighted by Crippen LogP contribution is 2.41. The van der Waals surface area contributed by atoms with E-state index in [1.54, 1.807) is 17.0 Å². The standard InChI is InChI=1S/C30H34N2O4/c1-4-31(5-2)30(34)27-14-13-25(36-27)19-35-24-12-11-21-15-16-32(29(33)22-9-10-22)28(26(21)18-24)23-8-6-7-20(3)17-23/h6-8,11-14,17-18,22,28H,4-5,9-10,15-16,19H2,1-3H3/t28-/m1/s1. The lowest BCUT2D eigenvalue weighted by Crippen LogP contribution is -2.41. The highest BCUT2D eigenvalue weighted by Gasteiger charge is 2.39. The summed E-state index contributed by atoms with van der Waals surface area (Å²) in [5, 5.41) is 0. The van der Waals surface area contributed by atoms with E-state index in [2.05, 4.69) is 48.2 Å². The van der Waals surface area contributed by atoms with Crippen LogP contribution < -0.4 is 4.74 Å². The van der Waals surface area contributed by atoms with Crippen molar-refractivity contribution < 1.29 is 18.7 Å². The van der Waals surface area contributed by atoms with Crippen LogP contribution in [0.2, 0.25) is 0 Å². The number of aryl methyl sites for hydroxylation is 1. The van der Waals surface area contributed by atoms with E-state index in [9.17, 15) is 9.59 Å². The maximum Gasteiger partial charge on any atom is 0.289 e. The molecule has 1 saturated carbocycles. The van der Waals surface area contributed by atoms with Crippen LogP contribution in [0.25, 0.3) is 0 Å². The Morgan fingerprint density at radius 2 is 1.86 bits per heavy atom. The molecule has 0 saturated heterocycles. The second kappa shape index (κ2) is 10.2. The molecule has 0 unspecified atom stereocenters. The van der Waals surface area contributed by atoms with Crippen LogP contribution in [-0.2, 0) is 17.8 Å². The van der Waals surface area contributed by atoms with Crippen LogP contribution in [0.3, 0.4) is 0 Å². The highest BCUT2D eigenvalue weighted by atomic mass is 16.5. The molecule has 2 aliphatic rings. The lowest BCUT2D eigenvalue weighted by Gasteiger charge is -2.38. The monoisotopic (exact) mass is 486 g/mol. The van der Waals surface area contributed by atoms with Gasteiger partial charge < -0.3 is 19.0 Å². The van der Waals surface area contributed by atoms with Gasteiger partial charge in [-0.15, -0.1) is 0 Å². The van der Waals surface area contributed by atoms with E-state index in [0.717, 1.165) is 42.7 Å². The average molecular weight is 487 g/mol. The summed E-state index contributed by atoms with van der Waals surface area (Å²) in [6.07, 6.45) is 2.83. The second-order valence-electron chi connectivity index (χ2n) is 9.77. The third-order valence-corrected chi connectivity index (χ3v) is 7.22. The summed E-state index contributed by atoms with van der Waals surface area (Å²) < 4.78 is 11.9. The van der Waals surface area contributed by atoms with Gasteiger partial charge in [0.05, 0.1) is 6.04 Å². The van der Waals surface area contributed by atoms with Crippen molar-refractivity contribution in [2.45, 2.75) is 52.7 Å². The van der Waals surface area contributed by atoms with Crippen molar-refractivity contribution in [3.63, 3.8) is 0 Å². The normalized spacial score (nSPS) is 17.0. The summed E-state index contributed by atoms with van der Waals surface area (Å²) >= 11 is 0. The number of rotatable bonds is 8. The first-order valence-corrected chi connectivity index (χ1v) is 13.0. The Bertz CT molecular complexity index is 1260. The zero-order valence-corrected chi connectivity index (χ0v) is 21.3. The number of amides is 2. The van der Waals surface area contributed by atoms with Gasteiger partial charge in [-0.1, -0.05) is 35.9 Å². The third-order valence-electron chi connectivity index (χ3n) is 7.22. The van der Waals surface area contributed by atoms with Gasteiger partial charge in [0.15, 0.2) is 5.76 Å². The summed E-state index contributed by atoms with van der Waals surface area (Å²) in [6.45, 7) is 8.23. The Morgan fingerprint density at radius 3 is 2.58 bits per heavy atom. The molecular weight excluding hydrogens is 452 g/mol. The van der Waals surface area contributed by atoms with Gasteiger partial charge in [0.2, 0.25) is 5.91 Å². The topological polar surface area (TPSA) is 63.0 Å². The molecule has 2 amide bonds. The fourth-order valence-electron chi connectivity index (χ4n) is 5.08. The van der Waals surface area contributed by atoms with E-state index < -0.39 is 0 Å². The highest BCUT2D eigenvalue weighted by molar-refractivity contribution is 5.91. The Balaban J connectivity index is 1.38. The number of carbonyl (C=O) groups is 2. The molecule has 2 aromatic carbocycles. The molecule has 188 valence electrons. The predicted octanol–water partition coefficient (Wildman–Crippen LogP) is 5.53. The van der Waals surface area contributed by atoms with Gasteiger partial charge in [-0.3, -0.25) is 9.59 Å². The van der Waals surface area contributed by atoms with Crippen LogP contribution >= 0.6 is 0 Å². The number of benzene rings is 2. The van der Waals surface area contributed by atoms with Crippen molar-refractivity contribution >= 4 is 11.8 Å². The smallest absolute Gasteiger partial charge is 0.289 e. The summed E-state index contributed by atoms with van der Waals surface area (Å²) in [6, 6.07) is 18.0. The van der Waals surface area contributed by atoms with Crippen LogP contribution in [0.15, 0.2) is 59.0 Å². The lowest BCUT2D eigenvalue weighted by molar-refractivity contribution is -0.134. The molecule has 36 heavy (non-hydrogen) atoms. The van der Waals surface area contributed by atoms with Crippen molar-refractivity contribution in [1.29, 1.82) is 0 Å². The van der Waals surface area contributed by atoms with Crippen molar-refractivity contribution in [3.8, 4) is 5.75 Å². The number of hydrogen-bond donors (Lipinski definition) is 0. The predicted molar refractivity (Wildman–Crippen MR) is 138 cm³/mol. The second-order valence-corrected chi connectivity index (χ2v) is 9.77. The molecule has 0 bridgehead atoms.